The standard InChI is InChI=1S/C23H21ClF2N2O2/c1-14(16-8-10-19(25)20(26)12-16)27-22(15-6-4-3-5-7-15)23(29)28-17-9-11-21(30-2)18(24)13-17/h3-14,22,27H,1-2H3,(H,28,29). The number of benzene rings is 3. The highest BCUT2D eigenvalue weighted by atomic mass is 35.5. The van der Waals surface area contributed by atoms with Crippen LogP contribution in [0, 0.1) is 11.6 Å². The van der Waals surface area contributed by atoms with E-state index in [0.29, 0.717) is 22.0 Å². The molecule has 0 spiro atoms. The number of rotatable bonds is 7. The number of ether oxygens (including phenoxy) is 1. The molecule has 1 amide bonds. The Morgan fingerprint density at radius 3 is 2.33 bits per heavy atom. The Kier molecular flexibility index (Phi) is 7.03. The minimum absolute atomic E-state index is 0.322. The van der Waals surface area contributed by atoms with Crippen molar-refractivity contribution < 1.29 is 18.3 Å². The van der Waals surface area contributed by atoms with E-state index >= 15 is 0 Å². The van der Waals surface area contributed by atoms with Gasteiger partial charge in [0.1, 0.15) is 11.8 Å². The van der Waals surface area contributed by atoms with Gasteiger partial charge in [0.2, 0.25) is 5.91 Å². The van der Waals surface area contributed by atoms with E-state index in [1.54, 1.807) is 25.1 Å². The summed E-state index contributed by atoms with van der Waals surface area (Å²) in [5.74, 6) is -1.68. The second kappa shape index (κ2) is 9.69. The highest BCUT2D eigenvalue weighted by Gasteiger charge is 2.23. The number of halogens is 3. The summed E-state index contributed by atoms with van der Waals surface area (Å²) in [4.78, 5) is 13.1. The average Bonchev–Trinajstić information content (AvgIpc) is 2.74. The molecule has 3 aromatic rings. The van der Waals surface area contributed by atoms with Gasteiger partial charge in [-0.3, -0.25) is 10.1 Å². The predicted octanol–water partition coefficient (Wildman–Crippen LogP) is 5.66. The molecule has 0 fully saturated rings. The molecule has 4 nitrogen and oxygen atoms in total. The molecule has 0 aliphatic carbocycles. The first-order valence-electron chi connectivity index (χ1n) is 9.29. The van der Waals surface area contributed by atoms with Crippen LogP contribution in [0.4, 0.5) is 14.5 Å². The van der Waals surface area contributed by atoms with Gasteiger partial charge < -0.3 is 10.1 Å². The Bertz CT molecular complexity index is 1030. The largest absolute Gasteiger partial charge is 0.495 e. The predicted molar refractivity (Wildman–Crippen MR) is 114 cm³/mol. The van der Waals surface area contributed by atoms with Crippen molar-refractivity contribution in [3.63, 3.8) is 0 Å². The van der Waals surface area contributed by atoms with Gasteiger partial charge in [0.25, 0.3) is 0 Å². The third-order valence-electron chi connectivity index (χ3n) is 4.67. The number of methoxy groups -OCH3 is 1. The maximum Gasteiger partial charge on any atom is 0.246 e. The van der Waals surface area contributed by atoms with Gasteiger partial charge in [0.05, 0.1) is 12.1 Å². The normalized spacial score (nSPS) is 12.8. The summed E-state index contributed by atoms with van der Waals surface area (Å²) in [6.07, 6.45) is 0. The third-order valence-corrected chi connectivity index (χ3v) is 4.97. The number of anilines is 1. The fraction of sp³-hybridized carbons (Fsp3) is 0.174. The van der Waals surface area contributed by atoms with E-state index in [0.717, 1.165) is 17.7 Å². The molecular formula is C23H21ClF2N2O2. The van der Waals surface area contributed by atoms with Gasteiger partial charge in [-0.25, -0.2) is 8.78 Å². The van der Waals surface area contributed by atoms with E-state index in [1.165, 1.54) is 13.2 Å². The van der Waals surface area contributed by atoms with E-state index < -0.39 is 23.7 Å². The molecule has 30 heavy (non-hydrogen) atoms. The molecule has 0 bridgehead atoms. The highest BCUT2D eigenvalue weighted by Crippen LogP contribution is 2.28. The molecule has 0 saturated carbocycles. The molecule has 0 aliphatic rings. The van der Waals surface area contributed by atoms with Crippen LogP contribution >= 0.6 is 11.6 Å². The van der Waals surface area contributed by atoms with Crippen LogP contribution in [-0.4, -0.2) is 13.0 Å². The van der Waals surface area contributed by atoms with Crippen LogP contribution in [0.1, 0.15) is 30.1 Å². The Balaban J connectivity index is 1.84. The van der Waals surface area contributed by atoms with E-state index in [9.17, 15) is 13.6 Å². The number of amides is 1. The molecule has 3 rings (SSSR count). The van der Waals surface area contributed by atoms with Gasteiger partial charge in [-0.2, -0.15) is 0 Å². The number of hydrogen-bond donors (Lipinski definition) is 2. The average molecular weight is 431 g/mol. The molecule has 0 heterocycles. The molecule has 0 aromatic heterocycles. The quantitative estimate of drug-likeness (QED) is 0.508. The summed E-state index contributed by atoms with van der Waals surface area (Å²) in [5.41, 5.74) is 1.76. The lowest BCUT2D eigenvalue weighted by Gasteiger charge is -2.24. The lowest BCUT2D eigenvalue weighted by Crippen LogP contribution is -2.34. The van der Waals surface area contributed by atoms with Gasteiger partial charge >= 0.3 is 0 Å². The van der Waals surface area contributed by atoms with E-state index in [2.05, 4.69) is 10.6 Å². The Morgan fingerprint density at radius 1 is 0.967 bits per heavy atom. The van der Waals surface area contributed by atoms with Gasteiger partial charge in [0, 0.05) is 11.7 Å². The van der Waals surface area contributed by atoms with Crippen molar-refractivity contribution in [2.24, 2.45) is 0 Å². The lowest BCUT2D eigenvalue weighted by molar-refractivity contribution is -0.118. The zero-order valence-electron chi connectivity index (χ0n) is 16.5. The molecule has 3 aromatic carbocycles. The van der Waals surface area contributed by atoms with Crippen molar-refractivity contribution >= 4 is 23.2 Å². The summed E-state index contributed by atoms with van der Waals surface area (Å²) >= 11 is 6.14. The monoisotopic (exact) mass is 430 g/mol. The number of nitrogens with one attached hydrogen (secondary N) is 2. The molecule has 2 N–H and O–H groups in total. The summed E-state index contributed by atoms with van der Waals surface area (Å²) in [5, 5.41) is 6.40. The van der Waals surface area contributed by atoms with Crippen molar-refractivity contribution in [1.82, 2.24) is 5.32 Å². The summed E-state index contributed by atoms with van der Waals surface area (Å²) in [6, 6.07) is 16.6. The van der Waals surface area contributed by atoms with Crippen molar-refractivity contribution in [2.75, 3.05) is 12.4 Å². The first kappa shape index (κ1) is 21.7. The van der Waals surface area contributed by atoms with Gasteiger partial charge in [-0.15, -0.1) is 0 Å². The maximum absolute atomic E-state index is 13.6. The number of hydrogen-bond acceptors (Lipinski definition) is 3. The first-order chi connectivity index (χ1) is 14.4. The van der Waals surface area contributed by atoms with Crippen LogP contribution in [-0.2, 0) is 4.79 Å². The Morgan fingerprint density at radius 2 is 1.70 bits per heavy atom. The first-order valence-corrected chi connectivity index (χ1v) is 9.67. The third kappa shape index (κ3) is 5.14. The topological polar surface area (TPSA) is 50.4 Å². The minimum atomic E-state index is -0.935. The van der Waals surface area contributed by atoms with Crippen LogP contribution in [0.15, 0.2) is 66.7 Å². The number of carbonyl (C=O) groups is 1. The summed E-state index contributed by atoms with van der Waals surface area (Å²) < 4.78 is 32.0. The molecule has 156 valence electrons. The second-order valence-electron chi connectivity index (χ2n) is 6.74. The van der Waals surface area contributed by atoms with Gasteiger partial charge in [-0.1, -0.05) is 48.0 Å². The Hall–Kier alpha value is -2.96. The zero-order chi connectivity index (χ0) is 21.7. The van der Waals surface area contributed by atoms with Crippen molar-refractivity contribution in [3.05, 3.63) is 94.5 Å². The lowest BCUT2D eigenvalue weighted by atomic mass is 10.0. The molecule has 2 unspecified atom stereocenters. The fourth-order valence-corrected chi connectivity index (χ4v) is 3.31. The molecule has 2 atom stereocenters. The fourth-order valence-electron chi connectivity index (χ4n) is 3.06. The molecular weight excluding hydrogens is 410 g/mol. The van der Waals surface area contributed by atoms with Crippen LogP contribution in [0.2, 0.25) is 5.02 Å². The van der Waals surface area contributed by atoms with Crippen LogP contribution in [0.25, 0.3) is 0 Å². The van der Waals surface area contributed by atoms with Gasteiger partial charge in [-0.05, 0) is 48.4 Å². The summed E-state index contributed by atoms with van der Waals surface area (Å²) in [6.45, 7) is 1.78. The SMILES string of the molecule is COc1ccc(NC(=O)C(NC(C)c2ccc(F)c(F)c2)c2ccccc2)cc1Cl. The molecule has 0 radical (unpaired) electrons. The smallest absolute Gasteiger partial charge is 0.246 e. The maximum atomic E-state index is 13.6. The minimum Gasteiger partial charge on any atom is -0.495 e. The summed E-state index contributed by atoms with van der Waals surface area (Å²) in [7, 11) is 1.51. The zero-order valence-corrected chi connectivity index (χ0v) is 17.2. The van der Waals surface area contributed by atoms with Crippen molar-refractivity contribution in [1.29, 1.82) is 0 Å². The van der Waals surface area contributed by atoms with E-state index in [1.807, 2.05) is 30.3 Å². The van der Waals surface area contributed by atoms with Gasteiger partial charge in [0.15, 0.2) is 11.6 Å². The van der Waals surface area contributed by atoms with Crippen LogP contribution < -0.4 is 15.4 Å². The van der Waals surface area contributed by atoms with E-state index in [-0.39, 0.29) is 5.91 Å². The Labute approximate surface area is 178 Å². The van der Waals surface area contributed by atoms with Crippen LogP contribution in [0.5, 0.6) is 5.75 Å². The highest BCUT2D eigenvalue weighted by molar-refractivity contribution is 6.32. The van der Waals surface area contributed by atoms with Crippen molar-refractivity contribution in [2.45, 2.75) is 19.0 Å². The van der Waals surface area contributed by atoms with Crippen LogP contribution in [0.3, 0.4) is 0 Å². The number of carbonyl (C=O) groups excluding carboxylic acids is 1. The second-order valence-corrected chi connectivity index (χ2v) is 7.15. The van der Waals surface area contributed by atoms with E-state index in [4.69, 9.17) is 16.3 Å². The molecule has 0 saturated heterocycles. The molecule has 0 aliphatic heterocycles. The van der Waals surface area contributed by atoms with Crippen molar-refractivity contribution in [3.8, 4) is 5.75 Å². The molecule has 7 heteroatoms.